The second kappa shape index (κ2) is 3.70. The van der Waals surface area contributed by atoms with Gasteiger partial charge in [0, 0.05) is 0 Å². The highest BCUT2D eigenvalue weighted by atomic mass is 32.1. The van der Waals surface area contributed by atoms with Crippen LogP contribution in [0, 0.1) is 0 Å². The van der Waals surface area contributed by atoms with Crippen molar-refractivity contribution in [2.24, 2.45) is 0 Å². The first-order chi connectivity index (χ1) is 5.91. The molecule has 0 unspecified atom stereocenters. The minimum absolute atomic E-state index is 0.570. The van der Waals surface area contributed by atoms with Crippen LogP contribution in [0.25, 0.3) is 0 Å². The van der Waals surface area contributed by atoms with Gasteiger partial charge in [-0.2, -0.15) is 0 Å². The van der Waals surface area contributed by atoms with Crippen molar-refractivity contribution in [3.63, 3.8) is 0 Å². The molecule has 6 nitrogen and oxygen atoms in total. The Morgan fingerprint density at radius 3 is 2.31 bits per heavy atom. The van der Waals surface area contributed by atoms with Gasteiger partial charge in [0.2, 0.25) is 0 Å². The minimum atomic E-state index is -2.23. The normalized spacial score (nSPS) is 52.2. The highest BCUT2D eigenvalue weighted by Gasteiger charge is 2.52. The molecule has 13 heavy (non-hydrogen) atoms. The van der Waals surface area contributed by atoms with E-state index in [1.54, 1.807) is 0 Å². The Morgan fingerprint density at radius 1 is 1.31 bits per heavy atom. The van der Waals surface area contributed by atoms with Crippen molar-refractivity contribution in [2.75, 3.05) is 6.61 Å². The second-order valence-electron chi connectivity index (χ2n) is 2.93. The number of rotatable bonds is 1. The lowest BCUT2D eigenvalue weighted by Gasteiger charge is -2.43. The highest BCUT2D eigenvalue weighted by Crippen LogP contribution is 2.31. The highest BCUT2D eigenvalue weighted by molar-refractivity contribution is 7.81. The molecule has 1 heterocycles. The van der Waals surface area contributed by atoms with Crippen molar-refractivity contribution in [1.29, 1.82) is 0 Å². The first kappa shape index (κ1) is 11.2. The molecule has 0 aromatic carbocycles. The van der Waals surface area contributed by atoms with E-state index in [0.717, 1.165) is 0 Å². The van der Waals surface area contributed by atoms with Crippen LogP contribution in [0.3, 0.4) is 0 Å². The fourth-order valence-electron chi connectivity index (χ4n) is 1.10. The topological polar surface area (TPSA) is 110 Å². The van der Waals surface area contributed by atoms with E-state index < -0.39 is 36.1 Å². The number of ether oxygens (including phenoxy) is 1. The Hall–Kier alpha value is 0.110. The quantitative estimate of drug-likeness (QED) is 0.205. The zero-order valence-electron chi connectivity index (χ0n) is 6.61. The number of aliphatic hydroxyl groups excluding tert-OH is 4. The summed E-state index contributed by atoms with van der Waals surface area (Å²) in [6, 6.07) is 0. The van der Waals surface area contributed by atoms with Crippen molar-refractivity contribution in [1.82, 2.24) is 0 Å². The maximum absolute atomic E-state index is 9.29. The molecule has 0 aliphatic carbocycles. The molecule has 1 fully saturated rings. The van der Waals surface area contributed by atoms with Crippen molar-refractivity contribution in [3.05, 3.63) is 0 Å². The van der Waals surface area contributed by atoms with Gasteiger partial charge in [0.25, 0.3) is 0 Å². The smallest absolute Gasteiger partial charge is 0.196 e. The summed E-state index contributed by atoms with van der Waals surface area (Å²) in [5.41, 5.74) is 0. The summed E-state index contributed by atoms with van der Waals surface area (Å²) in [5.74, 6) is 0. The first-order valence-corrected chi connectivity index (χ1v) is 4.11. The number of hydrogen-bond acceptors (Lipinski definition) is 7. The van der Waals surface area contributed by atoms with E-state index in [4.69, 9.17) is 10.2 Å². The van der Waals surface area contributed by atoms with Crippen molar-refractivity contribution in [2.45, 2.75) is 29.5 Å². The van der Waals surface area contributed by atoms with Crippen LogP contribution in [-0.2, 0) is 4.74 Å². The lowest BCUT2D eigenvalue weighted by Crippen LogP contribution is -2.63. The van der Waals surface area contributed by atoms with Gasteiger partial charge in [0.15, 0.2) is 11.2 Å². The predicted octanol–water partition coefficient (Wildman–Crippen LogP) is -2.96. The molecule has 5 N–H and O–H groups in total. The molecule has 0 bridgehead atoms. The third-order valence-corrected chi connectivity index (χ3v) is 2.47. The molecule has 0 aromatic heterocycles. The Balaban J connectivity index is 2.79. The van der Waals surface area contributed by atoms with E-state index in [9.17, 15) is 15.3 Å². The monoisotopic (exact) mass is 212 g/mol. The molecule has 1 aliphatic rings. The summed E-state index contributed by atoms with van der Waals surface area (Å²) in [7, 11) is 0. The number of thiol groups is 1. The van der Waals surface area contributed by atoms with Crippen LogP contribution in [0.4, 0.5) is 0 Å². The molecule has 0 spiro atoms. The summed E-state index contributed by atoms with van der Waals surface area (Å²) < 4.78 is 4.60. The minimum Gasteiger partial charge on any atom is -0.394 e. The Labute approximate surface area is 79.8 Å². The molecular weight excluding hydrogens is 200 g/mol. The molecule has 1 saturated heterocycles. The SMILES string of the molecule is OC[C@H]1O[C@H](O)[C@](O)(S)[C@@H](O)[C@@H]1O. The molecular formula is C6H12O6S. The summed E-state index contributed by atoms with van der Waals surface area (Å²) in [6.07, 6.45) is -6.06. The molecule has 0 aromatic rings. The molecule has 0 amide bonds. The summed E-state index contributed by atoms with van der Waals surface area (Å²) >= 11 is 3.54. The van der Waals surface area contributed by atoms with Crippen LogP contribution in [-0.4, -0.2) is 61.7 Å². The van der Waals surface area contributed by atoms with Crippen LogP contribution in [0.5, 0.6) is 0 Å². The van der Waals surface area contributed by atoms with Crippen LogP contribution < -0.4 is 0 Å². The van der Waals surface area contributed by atoms with Gasteiger partial charge in [0.05, 0.1) is 6.61 Å². The fourth-order valence-corrected chi connectivity index (χ4v) is 1.31. The van der Waals surface area contributed by atoms with Gasteiger partial charge >= 0.3 is 0 Å². The van der Waals surface area contributed by atoms with E-state index in [0.29, 0.717) is 0 Å². The standard InChI is InChI=1S/C6H12O6S/c7-1-2-3(8)4(9)6(11,13)5(10)12-2/h2-5,7-11,13H,1H2/t2-,3-,4+,5+,6-/m1/s1. The maximum Gasteiger partial charge on any atom is 0.196 e. The average molecular weight is 212 g/mol. The van der Waals surface area contributed by atoms with Crippen LogP contribution in [0.2, 0.25) is 0 Å². The van der Waals surface area contributed by atoms with Gasteiger partial charge in [-0.05, 0) is 0 Å². The van der Waals surface area contributed by atoms with Crippen molar-refractivity contribution in [3.8, 4) is 0 Å². The third-order valence-electron chi connectivity index (χ3n) is 1.99. The zero-order valence-corrected chi connectivity index (χ0v) is 7.50. The zero-order chi connectivity index (χ0) is 10.2. The third kappa shape index (κ3) is 1.82. The van der Waals surface area contributed by atoms with E-state index in [-0.39, 0.29) is 0 Å². The lowest BCUT2D eigenvalue weighted by molar-refractivity contribution is -0.298. The molecule has 0 radical (unpaired) electrons. The Kier molecular flexibility index (Phi) is 3.18. The molecule has 0 saturated carbocycles. The predicted molar refractivity (Wildman–Crippen MR) is 43.9 cm³/mol. The van der Waals surface area contributed by atoms with E-state index >= 15 is 0 Å². The fraction of sp³-hybridized carbons (Fsp3) is 1.00. The van der Waals surface area contributed by atoms with Gasteiger partial charge in [-0.25, -0.2) is 0 Å². The number of aliphatic hydroxyl groups is 5. The summed E-state index contributed by atoms with van der Waals surface area (Å²) in [4.78, 5) is -2.23. The maximum atomic E-state index is 9.29. The van der Waals surface area contributed by atoms with Gasteiger partial charge in [-0.15, -0.1) is 12.6 Å². The van der Waals surface area contributed by atoms with Gasteiger partial charge < -0.3 is 30.3 Å². The average Bonchev–Trinajstić information content (AvgIpc) is 2.09. The molecule has 1 rings (SSSR count). The summed E-state index contributed by atoms with van der Waals surface area (Å²) in [6.45, 7) is -0.570. The largest absolute Gasteiger partial charge is 0.394 e. The van der Waals surface area contributed by atoms with Crippen LogP contribution in [0.1, 0.15) is 0 Å². The molecule has 7 heteroatoms. The van der Waals surface area contributed by atoms with Gasteiger partial charge in [-0.3, -0.25) is 0 Å². The Morgan fingerprint density at radius 2 is 1.85 bits per heavy atom. The second-order valence-corrected chi connectivity index (χ2v) is 3.64. The van der Waals surface area contributed by atoms with Crippen molar-refractivity contribution < 1.29 is 30.3 Å². The first-order valence-electron chi connectivity index (χ1n) is 3.66. The van der Waals surface area contributed by atoms with Crippen molar-refractivity contribution >= 4 is 12.6 Å². The van der Waals surface area contributed by atoms with E-state index in [2.05, 4.69) is 17.4 Å². The van der Waals surface area contributed by atoms with Crippen LogP contribution in [0.15, 0.2) is 0 Å². The summed E-state index contributed by atoms with van der Waals surface area (Å²) in [5, 5.41) is 45.5. The molecule has 78 valence electrons. The molecule has 5 atom stereocenters. The van der Waals surface area contributed by atoms with Gasteiger partial charge in [-0.1, -0.05) is 0 Å². The Bertz CT molecular complexity index is 186. The lowest BCUT2D eigenvalue weighted by atomic mass is 9.99. The van der Waals surface area contributed by atoms with Gasteiger partial charge in [0.1, 0.15) is 18.3 Å². The molecule has 1 aliphatic heterocycles. The van der Waals surface area contributed by atoms with Crippen LogP contribution >= 0.6 is 12.6 Å². The van der Waals surface area contributed by atoms with E-state index in [1.165, 1.54) is 0 Å². The van der Waals surface area contributed by atoms with E-state index in [1.807, 2.05) is 0 Å². The number of hydrogen-bond donors (Lipinski definition) is 6.